The lowest BCUT2D eigenvalue weighted by molar-refractivity contribution is 0.102. The topological polar surface area (TPSA) is 51.2 Å². The summed E-state index contributed by atoms with van der Waals surface area (Å²) in [5, 5.41) is 3.08. The number of rotatable bonds is 3. The van der Waals surface area contributed by atoms with Gasteiger partial charge in [0.05, 0.1) is 12.8 Å². The summed E-state index contributed by atoms with van der Waals surface area (Å²) in [4.78, 5) is 16.3. The summed E-state index contributed by atoms with van der Waals surface area (Å²) in [6, 6.07) is 8.57. The van der Waals surface area contributed by atoms with Crippen molar-refractivity contribution in [2.75, 3.05) is 12.4 Å². The molecule has 0 aliphatic rings. The van der Waals surface area contributed by atoms with Gasteiger partial charge in [0.1, 0.15) is 10.9 Å². The van der Waals surface area contributed by atoms with E-state index in [-0.39, 0.29) is 11.1 Å². The Morgan fingerprint density at radius 3 is 2.75 bits per heavy atom. The lowest BCUT2D eigenvalue weighted by Gasteiger charge is -2.11. The van der Waals surface area contributed by atoms with E-state index >= 15 is 0 Å². The molecule has 1 N–H and O–H groups in total. The summed E-state index contributed by atoms with van der Waals surface area (Å²) in [7, 11) is 1.55. The molecule has 104 valence electrons. The van der Waals surface area contributed by atoms with Gasteiger partial charge in [-0.05, 0) is 37.3 Å². The van der Waals surface area contributed by atoms with Crippen molar-refractivity contribution in [2.45, 2.75) is 6.92 Å². The maximum Gasteiger partial charge on any atom is 0.255 e. The highest BCUT2D eigenvalue weighted by Crippen LogP contribution is 2.28. The van der Waals surface area contributed by atoms with E-state index in [1.165, 1.54) is 6.07 Å². The second-order valence-corrected chi connectivity index (χ2v) is 5.42. The van der Waals surface area contributed by atoms with Crippen LogP contribution in [-0.2, 0) is 0 Å². The first-order chi connectivity index (χ1) is 9.49. The van der Waals surface area contributed by atoms with E-state index in [9.17, 15) is 4.79 Å². The van der Waals surface area contributed by atoms with E-state index in [2.05, 4.69) is 26.2 Å². The summed E-state index contributed by atoms with van der Waals surface area (Å²) in [5.74, 6) is 0.312. The highest BCUT2D eigenvalue weighted by atomic mass is 79.9. The fraction of sp³-hybridized carbons (Fsp3) is 0.143. The third-order valence-corrected chi connectivity index (χ3v) is 3.28. The van der Waals surface area contributed by atoms with Crippen molar-refractivity contribution in [1.82, 2.24) is 4.98 Å². The fourth-order valence-electron chi connectivity index (χ4n) is 1.73. The number of carbonyl (C=O) groups is 1. The second kappa shape index (κ2) is 6.24. The molecule has 2 rings (SSSR count). The fourth-order valence-corrected chi connectivity index (χ4v) is 2.34. The number of benzene rings is 1. The monoisotopic (exact) mass is 354 g/mol. The number of pyridine rings is 1. The van der Waals surface area contributed by atoms with Gasteiger partial charge in [0.25, 0.3) is 5.91 Å². The van der Waals surface area contributed by atoms with E-state index in [1.807, 2.05) is 6.07 Å². The predicted octanol–water partition coefficient (Wildman–Crippen LogP) is 4.07. The highest BCUT2D eigenvalue weighted by Gasteiger charge is 2.11. The molecule has 0 aliphatic heterocycles. The molecule has 0 bridgehead atoms. The van der Waals surface area contributed by atoms with Crippen molar-refractivity contribution in [3.8, 4) is 5.75 Å². The standard InChI is InChI=1S/C14H12BrClN2O2/c1-8-5-9(6-13(16)17-8)14(19)18-11-7-10(15)3-4-12(11)20-2/h3-7H,1-2H3,(H,18,19). The van der Waals surface area contributed by atoms with E-state index in [4.69, 9.17) is 16.3 Å². The summed E-state index contributed by atoms with van der Waals surface area (Å²) in [6.07, 6.45) is 0. The van der Waals surface area contributed by atoms with Gasteiger partial charge in [0, 0.05) is 15.7 Å². The molecule has 1 aromatic heterocycles. The highest BCUT2D eigenvalue weighted by molar-refractivity contribution is 9.10. The molecule has 1 amide bonds. The lowest BCUT2D eigenvalue weighted by atomic mass is 10.2. The van der Waals surface area contributed by atoms with Crippen LogP contribution in [0.3, 0.4) is 0 Å². The van der Waals surface area contributed by atoms with E-state index in [0.29, 0.717) is 22.7 Å². The minimum Gasteiger partial charge on any atom is -0.495 e. The molecule has 0 spiro atoms. The number of nitrogens with one attached hydrogen (secondary N) is 1. The van der Waals surface area contributed by atoms with Gasteiger partial charge in [-0.25, -0.2) is 4.98 Å². The molecule has 0 aliphatic carbocycles. The molecular weight excluding hydrogens is 344 g/mol. The number of nitrogens with zero attached hydrogens (tertiary/aromatic N) is 1. The Labute approximate surface area is 130 Å². The van der Waals surface area contributed by atoms with Crippen molar-refractivity contribution < 1.29 is 9.53 Å². The van der Waals surface area contributed by atoms with Gasteiger partial charge < -0.3 is 10.1 Å². The SMILES string of the molecule is COc1ccc(Br)cc1NC(=O)c1cc(C)nc(Cl)c1. The molecule has 0 atom stereocenters. The zero-order chi connectivity index (χ0) is 14.7. The van der Waals surface area contributed by atoms with E-state index in [1.54, 1.807) is 32.2 Å². The molecule has 0 unspecified atom stereocenters. The summed E-state index contributed by atoms with van der Waals surface area (Å²) in [5.41, 5.74) is 1.71. The van der Waals surface area contributed by atoms with Crippen molar-refractivity contribution in [2.24, 2.45) is 0 Å². The Morgan fingerprint density at radius 1 is 1.35 bits per heavy atom. The smallest absolute Gasteiger partial charge is 0.255 e. The Hall–Kier alpha value is -1.59. The third-order valence-electron chi connectivity index (χ3n) is 2.59. The number of hydrogen-bond acceptors (Lipinski definition) is 3. The number of hydrogen-bond donors (Lipinski definition) is 1. The first kappa shape index (κ1) is 14.8. The number of amides is 1. The van der Waals surface area contributed by atoms with Crippen molar-refractivity contribution >= 4 is 39.1 Å². The molecule has 0 saturated carbocycles. The van der Waals surface area contributed by atoms with Gasteiger partial charge in [-0.15, -0.1) is 0 Å². The van der Waals surface area contributed by atoms with Crippen LogP contribution in [0.5, 0.6) is 5.75 Å². The van der Waals surface area contributed by atoms with Crippen LogP contribution in [0.25, 0.3) is 0 Å². The Balaban J connectivity index is 2.29. The summed E-state index contributed by atoms with van der Waals surface area (Å²) >= 11 is 9.21. The number of aromatic nitrogens is 1. The van der Waals surface area contributed by atoms with Crippen LogP contribution in [0, 0.1) is 6.92 Å². The molecule has 0 saturated heterocycles. The normalized spacial score (nSPS) is 10.2. The molecule has 0 radical (unpaired) electrons. The molecule has 1 heterocycles. The third kappa shape index (κ3) is 3.49. The molecule has 0 fully saturated rings. The van der Waals surface area contributed by atoms with Crippen LogP contribution in [0.1, 0.15) is 16.1 Å². The van der Waals surface area contributed by atoms with Crippen LogP contribution < -0.4 is 10.1 Å². The number of ether oxygens (including phenoxy) is 1. The predicted molar refractivity (Wildman–Crippen MR) is 82.6 cm³/mol. The number of anilines is 1. The summed E-state index contributed by atoms with van der Waals surface area (Å²) in [6.45, 7) is 1.78. The molecule has 2 aromatic rings. The second-order valence-electron chi connectivity index (χ2n) is 4.12. The van der Waals surface area contributed by atoms with Gasteiger partial charge in [-0.2, -0.15) is 0 Å². The average molecular weight is 356 g/mol. The Morgan fingerprint density at radius 2 is 2.10 bits per heavy atom. The summed E-state index contributed by atoms with van der Waals surface area (Å²) < 4.78 is 6.06. The Bertz CT molecular complexity index is 641. The number of halogens is 2. The van der Waals surface area contributed by atoms with Gasteiger partial charge in [0.2, 0.25) is 0 Å². The van der Waals surface area contributed by atoms with E-state index in [0.717, 1.165) is 4.47 Å². The quantitative estimate of drug-likeness (QED) is 0.845. The largest absolute Gasteiger partial charge is 0.495 e. The van der Waals surface area contributed by atoms with Crippen LogP contribution in [0.4, 0.5) is 5.69 Å². The number of aryl methyl sites for hydroxylation is 1. The molecular formula is C14H12BrClN2O2. The van der Waals surface area contributed by atoms with Crippen molar-refractivity contribution in [1.29, 1.82) is 0 Å². The van der Waals surface area contributed by atoms with Gasteiger partial charge >= 0.3 is 0 Å². The molecule has 4 nitrogen and oxygen atoms in total. The van der Waals surface area contributed by atoms with Crippen molar-refractivity contribution in [3.63, 3.8) is 0 Å². The first-order valence-electron chi connectivity index (χ1n) is 5.78. The minimum absolute atomic E-state index is 0.270. The number of methoxy groups -OCH3 is 1. The maximum atomic E-state index is 12.2. The minimum atomic E-state index is -0.270. The molecule has 6 heteroatoms. The molecule has 20 heavy (non-hydrogen) atoms. The molecule has 1 aromatic carbocycles. The average Bonchev–Trinajstić information content (AvgIpc) is 2.37. The van der Waals surface area contributed by atoms with Crippen LogP contribution >= 0.6 is 27.5 Å². The van der Waals surface area contributed by atoms with Crippen LogP contribution in [-0.4, -0.2) is 18.0 Å². The van der Waals surface area contributed by atoms with Gasteiger partial charge in [-0.3, -0.25) is 4.79 Å². The van der Waals surface area contributed by atoms with Gasteiger partial charge in [-0.1, -0.05) is 27.5 Å². The van der Waals surface area contributed by atoms with Crippen LogP contribution in [0.15, 0.2) is 34.8 Å². The van der Waals surface area contributed by atoms with Crippen LogP contribution in [0.2, 0.25) is 5.15 Å². The first-order valence-corrected chi connectivity index (χ1v) is 6.96. The maximum absolute atomic E-state index is 12.2. The zero-order valence-corrected chi connectivity index (χ0v) is 13.2. The van der Waals surface area contributed by atoms with Gasteiger partial charge in [0.15, 0.2) is 0 Å². The Kier molecular flexibility index (Phi) is 4.62. The zero-order valence-electron chi connectivity index (χ0n) is 10.9. The number of carbonyl (C=O) groups excluding carboxylic acids is 1. The van der Waals surface area contributed by atoms with E-state index < -0.39 is 0 Å². The lowest BCUT2D eigenvalue weighted by Crippen LogP contribution is -2.13. The van der Waals surface area contributed by atoms with Crippen molar-refractivity contribution in [3.05, 3.63) is 51.2 Å².